The van der Waals surface area contributed by atoms with Gasteiger partial charge in [-0.15, -0.1) is 0 Å². The SMILES string of the molecule is c1ccc2c(c1)CN[C@@H]1c3ccccc3NC[C@H]21. The van der Waals surface area contributed by atoms with E-state index in [1.807, 2.05) is 0 Å². The third-order valence-electron chi connectivity index (χ3n) is 4.18. The number of benzene rings is 2. The van der Waals surface area contributed by atoms with Crippen LogP contribution in [0.3, 0.4) is 0 Å². The van der Waals surface area contributed by atoms with Gasteiger partial charge in [-0.3, -0.25) is 0 Å². The summed E-state index contributed by atoms with van der Waals surface area (Å²) in [5.41, 5.74) is 5.64. The maximum absolute atomic E-state index is 3.69. The van der Waals surface area contributed by atoms with Crippen LogP contribution in [-0.4, -0.2) is 6.54 Å². The van der Waals surface area contributed by atoms with E-state index >= 15 is 0 Å². The van der Waals surface area contributed by atoms with Crippen molar-refractivity contribution in [3.63, 3.8) is 0 Å². The zero-order valence-electron chi connectivity index (χ0n) is 10.2. The summed E-state index contributed by atoms with van der Waals surface area (Å²) in [6, 6.07) is 17.9. The summed E-state index contributed by atoms with van der Waals surface area (Å²) in [5.74, 6) is 0.546. The number of hydrogen-bond acceptors (Lipinski definition) is 2. The molecule has 0 saturated heterocycles. The van der Waals surface area contributed by atoms with Crippen LogP contribution in [0, 0.1) is 0 Å². The van der Waals surface area contributed by atoms with Crippen molar-refractivity contribution in [2.45, 2.75) is 18.5 Å². The Morgan fingerprint density at radius 2 is 1.67 bits per heavy atom. The lowest BCUT2D eigenvalue weighted by atomic mass is 9.79. The predicted molar refractivity (Wildman–Crippen MR) is 73.7 cm³/mol. The average Bonchev–Trinajstić information content (AvgIpc) is 2.46. The molecule has 2 N–H and O–H groups in total. The van der Waals surface area contributed by atoms with Gasteiger partial charge in [0.1, 0.15) is 0 Å². The molecule has 2 aromatic rings. The molecule has 0 unspecified atom stereocenters. The highest BCUT2D eigenvalue weighted by molar-refractivity contribution is 5.57. The Hall–Kier alpha value is -1.80. The molecule has 4 rings (SSSR count). The molecule has 0 bridgehead atoms. The van der Waals surface area contributed by atoms with Crippen molar-refractivity contribution in [3.05, 3.63) is 65.2 Å². The molecular formula is C16H16N2. The van der Waals surface area contributed by atoms with Gasteiger partial charge in [-0.25, -0.2) is 0 Å². The van der Waals surface area contributed by atoms with E-state index in [0.29, 0.717) is 12.0 Å². The summed E-state index contributed by atoms with van der Waals surface area (Å²) in [7, 11) is 0. The molecule has 0 aliphatic carbocycles. The number of rotatable bonds is 0. The minimum atomic E-state index is 0.456. The normalized spacial score (nSPS) is 24.4. The molecule has 0 spiro atoms. The molecule has 0 saturated carbocycles. The number of fused-ring (bicyclic) bond motifs is 5. The van der Waals surface area contributed by atoms with Gasteiger partial charge in [-0.05, 0) is 22.8 Å². The van der Waals surface area contributed by atoms with Crippen LogP contribution in [0.2, 0.25) is 0 Å². The van der Waals surface area contributed by atoms with Crippen LogP contribution in [0.15, 0.2) is 48.5 Å². The predicted octanol–water partition coefficient (Wildman–Crippen LogP) is 3.04. The molecule has 2 heterocycles. The zero-order valence-corrected chi connectivity index (χ0v) is 10.2. The number of nitrogens with one attached hydrogen (secondary N) is 2. The molecule has 18 heavy (non-hydrogen) atoms. The van der Waals surface area contributed by atoms with Crippen LogP contribution in [0.25, 0.3) is 0 Å². The lowest BCUT2D eigenvalue weighted by Gasteiger charge is -2.39. The fourth-order valence-corrected chi connectivity index (χ4v) is 3.30. The molecule has 0 fully saturated rings. The molecule has 90 valence electrons. The topological polar surface area (TPSA) is 24.1 Å². The van der Waals surface area contributed by atoms with Gasteiger partial charge in [0.25, 0.3) is 0 Å². The molecule has 2 aliphatic rings. The number of para-hydroxylation sites is 1. The van der Waals surface area contributed by atoms with Crippen LogP contribution in [0.4, 0.5) is 5.69 Å². The Balaban J connectivity index is 1.83. The van der Waals surface area contributed by atoms with Crippen molar-refractivity contribution in [1.29, 1.82) is 0 Å². The second kappa shape index (κ2) is 3.85. The molecule has 2 nitrogen and oxygen atoms in total. The highest BCUT2D eigenvalue weighted by Crippen LogP contribution is 2.42. The quantitative estimate of drug-likeness (QED) is 0.734. The smallest absolute Gasteiger partial charge is 0.0429 e. The molecule has 2 aliphatic heterocycles. The van der Waals surface area contributed by atoms with E-state index in [2.05, 4.69) is 59.2 Å². The van der Waals surface area contributed by atoms with Gasteiger partial charge >= 0.3 is 0 Å². The standard InChI is InChI=1S/C16H16N2/c1-2-6-12-11(5-1)9-18-16-13-7-3-4-8-15(13)17-10-14(12)16/h1-8,14,16-18H,9-10H2/t14-,16-/m1/s1. The van der Waals surface area contributed by atoms with Crippen molar-refractivity contribution in [2.75, 3.05) is 11.9 Å². The van der Waals surface area contributed by atoms with E-state index in [1.165, 1.54) is 22.4 Å². The second-order valence-corrected chi connectivity index (χ2v) is 5.13. The molecule has 2 heteroatoms. The average molecular weight is 236 g/mol. The van der Waals surface area contributed by atoms with Crippen LogP contribution in [-0.2, 0) is 6.54 Å². The Labute approximate surface area is 107 Å². The van der Waals surface area contributed by atoms with Crippen LogP contribution in [0.1, 0.15) is 28.7 Å². The first-order chi connectivity index (χ1) is 8.93. The number of hydrogen-bond donors (Lipinski definition) is 2. The third kappa shape index (κ3) is 1.39. The zero-order chi connectivity index (χ0) is 11.9. The first kappa shape index (κ1) is 10.2. The van der Waals surface area contributed by atoms with Crippen molar-refractivity contribution in [2.24, 2.45) is 0 Å². The van der Waals surface area contributed by atoms with Crippen LogP contribution < -0.4 is 10.6 Å². The fourth-order valence-electron chi connectivity index (χ4n) is 3.30. The Morgan fingerprint density at radius 1 is 0.889 bits per heavy atom. The fraction of sp³-hybridized carbons (Fsp3) is 0.250. The summed E-state index contributed by atoms with van der Waals surface area (Å²) in [6.45, 7) is 2.00. The molecular weight excluding hydrogens is 220 g/mol. The first-order valence-corrected chi connectivity index (χ1v) is 6.57. The van der Waals surface area contributed by atoms with E-state index in [9.17, 15) is 0 Å². The Kier molecular flexibility index (Phi) is 2.17. The second-order valence-electron chi connectivity index (χ2n) is 5.13. The van der Waals surface area contributed by atoms with Gasteiger partial charge in [0.05, 0.1) is 0 Å². The van der Waals surface area contributed by atoms with E-state index < -0.39 is 0 Å². The summed E-state index contributed by atoms with van der Waals surface area (Å²) in [4.78, 5) is 0. The lowest BCUT2D eigenvalue weighted by Crippen LogP contribution is -2.39. The summed E-state index contributed by atoms with van der Waals surface area (Å²) in [6.07, 6.45) is 0. The molecule has 2 aromatic carbocycles. The van der Waals surface area contributed by atoms with Gasteiger partial charge in [-0.1, -0.05) is 42.5 Å². The van der Waals surface area contributed by atoms with Crippen LogP contribution >= 0.6 is 0 Å². The molecule has 2 atom stereocenters. The molecule has 0 aromatic heterocycles. The maximum Gasteiger partial charge on any atom is 0.0429 e. The van der Waals surface area contributed by atoms with Crippen molar-refractivity contribution < 1.29 is 0 Å². The third-order valence-corrected chi connectivity index (χ3v) is 4.18. The largest absolute Gasteiger partial charge is 0.384 e. The Bertz CT molecular complexity index is 538. The first-order valence-electron chi connectivity index (χ1n) is 6.57. The minimum absolute atomic E-state index is 0.456. The van der Waals surface area contributed by atoms with Crippen molar-refractivity contribution in [3.8, 4) is 0 Å². The van der Waals surface area contributed by atoms with Gasteiger partial charge in [0.2, 0.25) is 0 Å². The summed E-state index contributed by atoms with van der Waals surface area (Å²) >= 11 is 0. The Morgan fingerprint density at radius 3 is 2.61 bits per heavy atom. The highest BCUT2D eigenvalue weighted by atomic mass is 15.0. The molecule has 0 amide bonds. The van der Waals surface area contributed by atoms with E-state index in [1.54, 1.807) is 0 Å². The maximum atomic E-state index is 3.69. The monoisotopic (exact) mass is 236 g/mol. The lowest BCUT2D eigenvalue weighted by molar-refractivity contribution is 0.415. The van der Waals surface area contributed by atoms with Crippen LogP contribution in [0.5, 0.6) is 0 Å². The number of anilines is 1. The highest BCUT2D eigenvalue weighted by Gasteiger charge is 2.34. The van der Waals surface area contributed by atoms with Gasteiger partial charge in [-0.2, -0.15) is 0 Å². The molecule has 0 radical (unpaired) electrons. The van der Waals surface area contributed by atoms with E-state index in [4.69, 9.17) is 0 Å². The minimum Gasteiger partial charge on any atom is -0.384 e. The summed E-state index contributed by atoms with van der Waals surface area (Å²) in [5, 5.41) is 7.26. The van der Waals surface area contributed by atoms with Gasteiger partial charge < -0.3 is 10.6 Å². The van der Waals surface area contributed by atoms with Crippen molar-refractivity contribution >= 4 is 5.69 Å². The summed E-state index contributed by atoms with van der Waals surface area (Å²) < 4.78 is 0. The van der Waals surface area contributed by atoms with E-state index in [-0.39, 0.29) is 0 Å². The van der Waals surface area contributed by atoms with E-state index in [0.717, 1.165) is 13.1 Å². The van der Waals surface area contributed by atoms with Gasteiger partial charge in [0.15, 0.2) is 0 Å². The van der Waals surface area contributed by atoms with Crippen molar-refractivity contribution in [1.82, 2.24) is 5.32 Å². The van der Waals surface area contributed by atoms with Gasteiger partial charge in [0, 0.05) is 30.7 Å².